The van der Waals surface area contributed by atoms with Gasteiger partial charge in [0.15, 0.2) is 0 Å². The number of aliphatic hydroxyl groups is 1. The van der Waals surface area contributed by atoms with Crippen LogP contribution in [0.2, 0.25) is 15.1 Å². The summed E-state index contributed by atoms with van der Waals surface area (Å²) in [6.45, 7) is 0.812. The average molecular weight is 420 g/mol. The molecule has 27 heavy (non-hydrogen) atoms. The third-order valence-corrected chi connectivity index (χ3v) is 5.38. The fourth-order valence-corrected chi connectivity index (χ4v) is 3.90. The average Bonchev–Trinajstić information content (AvgIpc) is 2.93. The molecule has 0 aliphatic heterocycles. The van der Waals surface area contributed by atoms with Crippen LogP contribution in [0, 0.1) is 0 Å². The van der Waals surface area contributed by atoms with E-state index < -0.39 is 6.10 Å². The van der Waals surface area contributed by atoms with E-state index in [0.717, 1.165) is 27.5 Å². The second kappa shape index (κ2) is 7.61. The predicted molar refractivity (Wildman–Crippen MR) is 115 cm³/mol. The van der Waals surface area contributed by atoms with Crippen molar-refractivity contribution < 1.29 is 5.11 Å². The summed E-state index contributed by atoms with van der Waals surface area (Å²) in [5.74, 6) is 0. The Morgan fingerprint density at radius 1 is 0.852 bits per heavy atom. The van der Waals surface area contributed by atoms with E-state index in [9.17, 15) is 5.11 Å². The monoisotopic (exact) mass is 418 g/mol. The lowest BCUT2D eigenvalue weighted by atomic mass is 10.1. The van der Waals surface area contributed by atoms with Crippen molar-refractivity contribution in [2.45, 2.75) is 12.6 Å². The fraction of sp³-hybridized carbons (Fsp3) is 0.143. The van der Waals surface area contributed by atoms with Crippen LogP contribution in [-0.4, -0.2) is 22.3 Å². The van der Waals surface area contributed by atoms with E-state index in [-0.39, 0.29) is 0 Å². The first-order chi connectivity index (χ1) is 13.0. The minimum Gasteiger partial charge on any atom is -0.389 e. The lowest BCUT2D eigenvalue weighted by Crippen LogP contribution is -2.24. The summed E-state index contributed by atoms with van der Waals surface area (Å²) < 4.78 is 2.09. The summed E-state index contributed by atoms with van der Waals surface area (Å²) in [5.41, 5.74) is 2.82. The third-order valence-electron chi connectivity index (χ3n) is 4.58. The molecular weight excluding hydrogens is 403 g/mol. The van der Waals surface area contributed by atoms with Crippen LogP contribution in [0.4, 0.5) is 5.69 Å². The molecule has 3 aromatic carbocycles. The van der Waals surface area contributed by atoms with Crippen molar-refractivity contribution in [3.63, 3.8) is 0 Å². The first kappa shape index (κ1) is 18.5. The molecular formula is C21H17Cl3N2O. The van der Waals surface area contributed by atoms with Gasteiger partial charge in [-0.1, -0.05) is 46.9 Å². The Morgan fingerprint density at radius 3 is 2.04 bits per heavy atom. The van der Waals surface area contributed by atoms with Gasteiger partial charge in [0.2, 0.25) is 0 Å². The Hall–Kier alpha value is -1.91. The van der Waals surface area contributed by atoms with Gasteiger partial charge in [0.25, 0.3) is 0 Å². The number of aromatic nitrogens is 1. The molecule has 0 aliphatic rings. The first-order valence-corrected chi connectivity index (χ1v) is 9.70. The minimum absolute atomic E-state index is 0.381. The van der Waals surface area contributed by atoms with E-state index in [0.29, 0.717) is 28.2 Å². The molecule has 1 heterocycles. The number of aliphatic hydroxyl groups excluding tert-OH is 1. The largest absolute Gasteiger partial charge is 0.389 e. The lowest BCUT2D eigenvalue weighted by molar-refractivity contribution is 0.169. The lowest BCUT2D eigenvalue weighted by Gasteiger charge is -2.16. The van der Waals surface area contributed by atoms with Gasteiger partial charge in [-0.3, -0.25) is 0 Å². The number of hydrogen-bond acceptors (Lipinski definition) is 2. The van der Waals surface area contributed by atoms with Crippen molar-refractivity contribution in [1.82, 2.24) is 4.57 Å². The van der Waals surface area contributed by atoms with E-state index in [4.69, 9.17) is 34.8 Å². The second-order valence-corrected chi connectivity index (χ2v) is 7.73. The molecule has 138 valence electrons. The van der Waals surface area contributed by atoms with Crippen molar-refractivity contribution >= 4 is 62.3 Å². The molecule has 2 N–H and O–H groups in total. The quantitative estimate of drug-likeness (QED) is 0.402. The van der Waals surface area contributed by atoms with Crippen molar-refractivity contribution in [1.29, 1.82) is 0 Å². The van der Waals surface area contributed by atoms with Gasteiger partial charge in [0.05, 0.1) is 23.4 Å². The van der Waals surface area contributed by atoms with Gasteiger partial charge in [0, 0.05) is 38.4 Å². The molecule has 4 rings (SSSR count). The van der Waals surface area contributed by atoms with Crippen LogP contribution >= 0.6 is 34.8 Å². The Morgan fingerprint density at radius 2 is 1.44 bits per heavy atom. The van der Waals surface area contributed by atoms with Crippen molar-refractivity contribution in [2.75, 3.05) is 11.9 Å². The maximum Gasteiger partial charge on any atom is 0.0891 e. The molecule has 1 aromatic heterocycles. The third kappa shape index (κ3) is 3.74. The van der Waals surface area contributed by atoms with E-state index in [2.05, 4.69) is 9.88 Å². The maximum absolute atomic E-state index is 10.6. The van der Waals surface area contributed by atoms with Gasteiger partial charge in [-0.05, 0) is 48.5 Å². The Bertz CT molecular complexity index is 1060. The number of benzene rings is 3. The number of nitrogens with zero attached hydrogens (tertiary/aromatic N) is 1. The highest BCUT2D eigenvalue weighted by molar-refractivity contribution is 6.33. The zero-order valence-electron chi connectivity index (χ0n) is 14.3. The maximum atomic E-state index is 10.6. The molecule has 1 atom stereocenters. The van der Waals surface area contributed by atoms with Crippen LogP contribution in [0.1, 0.15) is 0 Å². The SMILES string of the molecule is O[C@@H](CNc1ccccc1Cl)Cn1c2ccc(Cl)cc2c2cc(Cl)ccc21. The normalized spacial score (nSPS) is 12.6. The number of para-hydroxylation sites is 1. The van der Waals surface area contributed by atoms with Crippen molar-refractivity contribution in [3.05, 3.63) is 75.7 Å². The van der Waals surface area contributed by atoms with Gasteiger partial charge in [-0.25, -0.2) is 0 Å². The summed E-state index contributed by atoms with van der Waals surface area (Å²) in [7, 11) is 0. The molecule has 6 heteroatoms. The van der Waals surface area contributed by atoms with Crippen molar-refractivity contribution in [3.8, 4) is 0 Å². The van der Waals surface area contributed by atoms with Crippen LogP contribution in [0.15, 0.2) is 60.7 Å². The number of fused-ring (bicyclic) bond motifs is 3. The molecule has 0 saturated carbocycles. The molecule has 0 saturated heterocycles. The second-order valence-electron chi connectivity index (χ2n) is 6.45. The highest BCUT2D eigenvalue weighted by Gasteiger charge is 2.15. The standard InChI is InChI=1S/C21H17Cl3N2O/c22-13-5-7-20-16(9-13)17-10-14(23)6-8-21(17)26(20)12-15(27)11-25-19-4-2-1-3-18(19)24/h1-10,15,25,27H,11-12H2/t15-/m0/s1. The fourth-order valence-electron chi connectivity index (χ4n) is 3.35. The highest BCUT2D eigenvalue weighted by atomic mass is 35.5. The van der Waals surface area contributed by atoms with E-state index in [1.807, 2.05) is 60.7 Å². The molecule has 0 fully saturated rings. The van der Waals surface area contributed by atoms with Gasteiger partial charge >= 0.3 is 0 Å². The molecule has 0 bridgehead atoms. The molecule has 0 amide bonds. The van der Waals surface area contributed by atoms with Crippen LogP contribution in [0.3, 0.4) is 0 Å². The summed E-state index contributed by atoms with van der Waals surface area (Å²) in [6.07, 6.45) is -0.605. The number of hydrogen-bond donors (Lipinski definition) is 2. The molecule has 0 radical (unpaired) electrons. The Kier molecular flexibility index (Phi) is 5.20. The first-order valence-electron chi connectivity index (χ1n) is 8.56. The van der Waals surface area contributed by atoms with E-state index >= 15 is 0 Å². The Labute approximate surface area is 172 Å². The van der Waals surface area contributed by atoms with Gasteiger partial charge in [-0.2, -0.15) is 0 Å². The van der Waals surface area contributed by atoms with Gasteiger partial charge in [-0.15, -0.1) is 0 Å². The molecule has 0 unspecified atom stereocenters. The van der Waals surface area contributed by atoms with Crippen LogP contribution < -0.4 is 5.32 Å². The number of anilines is 1. The van der Waals surface area contributed by atoms with Crippen LogP contribution in [0.25, 0.3) is 21.8 Å². The van der Waals surface area contributed by atoms with Crippen LogP contribution in [0.5, 0.6) is 0 Å². The van der Waals surface area contributed by atoms with E-state index in [1.54, 1.807) is 0 Å². The van der Waals surface area contributed by atoms with Crippen LogP contribution in [-0.2, 0) is 6.54 Å². The zero-order chi connectivity index (χ0) is 19.0. The molecule has 0 aliphatic carbocycles. The van der Waals surface area contributed by atoms with Gasteiger partial charge < -0.3 is 15.0 Å². The van der Waals surface area contributed by atoms with Gasteiger partial charge in [0.1, 0.15) is 0 Å². The summed E-state index contributed by atoms with van der Waals surface area (Å²) in [6, 6.07) is 19.0. The molecule has 4 aromatic rings. The smallest absolute Gasteiger partial charge is 0.0891 e. The minimum atomic E-state index is -0.605. The summed E-state index contributed by atoms with van der Waals surface area (Å²) >= 11 is 18.5. The topological polar surface area (TPSA) is 37.2 Å². The van der Waals surface area contributed by atoms with Crippen molar-refractivity contribution in [2.24, 2.45) is 0 Å². The summed E-state index contributed by atoms with van der Waals surface area (Å²) in [5, 5.41) is 17.8. The summed E-state index contributed by atoms with van der Waals surface area (Å²) in [4.78, 5) is 0. The van der Waals surface area contributed by atoms with E-state index in [1.165, 1.54) is 0 Å². The number of halogens is 3. The zero-order valence-corrected chi connectivity index (χ0v) is 16.6. The Balaban J connectivity index is 1.65. The number of rotatable bonds is 5. The number of nitrogens with one attached hydrogen (secondary N) is 1. The highest BCUT2D eigenvalue weighted by Crippen LogP contribution is 2.33. The molecule has 0 spiro atoms. The molecule has 3 nitrogen and oxygen atoms in total. The predicted octanol–water partition coefficient (Wildman–Crippen LogP) is 6.23.